The van der Waals surface area contributed by atoms with Crippen LogP contribution in [0.4, 0.5) is 0 Å². The lowest BCUT2D eigenvalue weighted by Gasteiger charge is -2.28. The van der Waals surface area contributed by atoms with Crippen molar-refractivity contribution < 1.29 is 39.9 Å². The molecule has 68 heavy (non-hydrogen) atoms. The van der Waals surface area contributed by atoms with Gasteiger partial charge in [-0.3, -0.25) is 14.4 Å². The predicted octanol–water partition coefficient (Wildman–Crippen LogP) is 5.21. The molecule has 15 nitrogen and oxygen atoms in total. The SMILES string of the molecule is CNCCCCN(C)CC(CCCCCCNC(=O)CCC(C)CCCC(C)CCCCC(C)CCCC(C)CCC(=O)NCCNC(=O)[C@H](O)[C@@H](O)[C@H](O)[C@H](O)CO)CN(C)CCCCNC. The Morgan fingerprint density at radius 2 is 0.853 bits per heavy atom. The fourth-order valence-electron chi connectivity index (χ4n) is 9.10. The van der Waals surface area contributed by atoms with Gasteiger partial charge in [-0.1, -0.05) is 111 Å². The van der Waals surface area contributed by atoms with Crippen molar-refractivity contribution >= 4 is 17.7 Å². The molecule has 0 aromatic carbocycles. The highest BCUT2D eigenvalue weighted by atomic mass is 16.4. The van der Waals surface area contributed by atoms with Gasteiger partial charge in [-0.2, -0.15) is 0 Å². The van der Waals surface area contributed by atoms with Crippen LogP contribution in [0, 0.1) is 29.6 Å². The molecule has 0 aromatic heterocycles. The van der Waals surface area contributed by atoms with Crippen molar-refractivity contribution in [2.24, 2.45) is 29.6 Å². The van der Waals surface area contributed by atoms with E-state index in [1.54, 1.807) is 0 Å². The first kappa shape index (κ1) is 66.0. The molecule has 404 valence electrons. The van der Waals surface area contributed by atoms with Crippen molar-refractivity contribution in [1.82, 2.24) is 36.4 Å². The monoisotopic (exact) mass is 972 g/mol. The molecule has 3 amide bonds. The lowest BCUT2D eigenvalue weighted by atomic mass is 9.90. The fraction of sp³-hybridized carbons (Fsp3) is 0.943. The Morgan fingerprint density at radius 3 is 1.32 bits per heavy atom. The second-order valence-electron chi connectivity index (χ2n) is 21.0. The van der Waals surface area contributed by atoms with Crippen LogP contribution in [-0.2, 0) is 14.4 Å². The molecule has 0 rings (SSSR count). The summed E-state index contributed by atoms with van der Waals surface area (Å²) in [5.41, 5.74) is 0. The molecule has 0 spiro atoms. The van der Waals surface area contributed by atoms with Gasteiger partial charge in [0, 0.05) is 45.6 Å². The molecular weight excluding hydrogens is 863 g/mol. The number of aliphatic hydroxyl groups is 5. The van der Waals surface area contributed by atoms with Crippen LogP contribution in [0.3, 0.4) is 0 Å². The van der Waals surface area contributed by atoms with Gasteiger partial charge in [0.2, 0.25) is 11.8 Å². The number of carbonyl (C=O) groups is 3. The molecule has 0 radical (unpaired) electrons. The summed E-state index contributed by atoms with van der Waals surface area (Å²) in [5, 5.41) is 62.4. The Kier molecular flexibility index (Phi) is 42.6. The van der Waals surface area contributed by atoms with Gasteiger partial charge >= 0.3 is 0 Å². The molecule has 0 aliphatic heterocycles. The molecule has 0 aliphatic carbocycles. The third-order valence-corrected chi connectivity index (χ3v) is 13.9. The molecule has 10 N–H and O–H groups in total. The molecule has 0 saturated carbocycles. The Morgan fingerprint density at radius 1 is 0.456 bits per heavy atom. The Labute approximate surface area is 415 Å². The molecule has 8 atom stereocenters. The Bertz CT molecular complexity index is 1190. The van der Waals surface area contributed by atoms with Crippen molar-refractivity contribution in [2.75, 3.05) is 93.7 Å². The summed E-state index contributed by atoms with van der Waals surface area (Å²) in [6.07, 6.45) is 18.5. The summed E-state index contributed by atoms with van der Waals surface area (Å²) in [7, 11) is 8.65. The number of amides is 3. The van der Waals surface area contributed by atoms with Crippen LogP contribution in [0.2, 0.25) is 0 Å². The van der Waals surface area contributed by atoms with Crippen LogP contribution in [0.25, 0.3) is 0 Å². The number of hydrogen-bond acceptors (Lipinski definition) is 12. The minimum Gasteiger partial charge on any atom is -0.394 e. The summed E-state index contributed by atoms with van der Waals surface area (Å²) in [5.74, 6) is 2.29. The molecule has 0 heterocycles. The second kappa shape index (κ2) is 43.8. The number of aliphatic hydroxyl groups excluding tert-OH is 5. The minimum absolute atomic E-state index is 0.0251. The molecular formula is C53H109N7O8. The third-order valence-electron chi connectivity index (χ3n) is 13.9. The van der Waals surface area contributed by atoms with Gasteiger partial charge in [-0.15, -0.1) is 0 Å². The Hall–Kier alpha value is -1.95. The molecule has 0 fully saturated rings. The molecule has 4 unspecified atom stereocenters. The van der Waals surface area contributed by atoms with E-state index in [9.17, 15) is 34.8 Å². The normalized spacial score (nSPS) is 15.5. The molecule has 0 aliphatic rings. The number of nitrogens with zero attached hydrogens (tertiary/aromatic N) is 2. The van der Waals surface area contributed by atoms with E-state index in [2.05, 4.69) is 78.2 Å². The summed E-state index contributed by atoms with van der Waals surface area (Å²) < 4.78 is 0. The lowest BCUT2D eigenvalue weighted by Crippen LogP contribution is -2.52. The van der Waals surface area contributed by atoms with E-state index in [1.807, 2.05) is 14.1 Å². The van der Waals surface area contributed by atoms with Crippen LogP contribution in [0.1, 0.15) is 175 Å². The van der Waals surface area contributed by atoms with Crippen molar-refractivity contribution in [2.45, 2.75) is 200 Å². The van der Waals surface area contributed by atoms with Gasteiger partial charge < -0.3 is 61.9 Å². The minimum atomic E-state index is -1.99. The molecule has 0 saturated heterocycles. The van der Waals surface area contributed by atoms with E-state index in [0.717, 1.165) is 57.7 Å². The quantitative estimate of drug-likeness (QED) is 0.0356. The lowest BCUT2D eigenvalue weighted by molar-refractivity contribution is -0.148. The first-order chi connectivity index (χ1) is 32.5. The third kappa shape index (κ3) is 37.8. The van der Waals surface area contributed by atoms with Crippen molar-refractivity contribution in [3.05, 3.63) is 0 Å². The highest BCUT2D eigenvalue weighted by molar-refractivity contribution is 5.81. The standard InChI is InChI=1S/C53H109N7O8/c1-42(21-12-13-22-43(2)24-20-26-45(4)29-31-49(64)57-35-36-58-53(68)52(67)51(66)50(65)47(62)41-61)23-19-25-44(3)28-30-48(63)56-34-14-10-9-11-27-46(39-59(7)37-17-15-32-54-5)40-60(8)38-18-16-33-55-6/h42-47,50-52,54-55,61-62,65-67H,9-41H2,1-8H3,(H,56,63)(H,57,64)(H,58,68)/t42?,43?,44?,45?,47-,50-,51+,52-/m1/s1. The largest absolute Gasteiger partial charge is 0.394 e. The van der Waals surface area contributed by atoms with E-state index >= 15 is 0 Å². The Balaban J connectivity index is 4.02. The van der Waals surface area contributed by atoms with Gasteiger partial charge in [0.05, 0.1) is 6.61 Å². The zero-order valence-corrected chi connectivity index (χ0v) is 44.9. The highest BCUT2D eigenvalue weighted by Crippen LogP contribution is 2.24. The average Bonchev–Trinajstić information content (AvgIpc) is 3.31. The first-order valence-electron chi connectivity index (χ1n) is 27.3. The summed E-state index contributed by atoms with van der Waals surface area (Å²) in [4.78, 5) is 42.0. The number of rotatable bonds is 48. The van der Waals surface area contributed by atoms with E-state index < -0.39 is 36.9 Å². The van der Waals surface area contributed by atoms with E-state index in [1.165, 1.54) is 129 Å². The van der Waals surface area contributed by atoms with Crippen LogP contribution in [0.5, 0.6) is 0 Å². The first-order valence-corrected chi connectivity index (χ1v) is 27.3. The average molecular weight is 972 g/mol. The maximum Gasteiger partial charge on any atom is 0.251 e. The zero-order valence-electron chi connectivity index (χ0n) is 44.9. The van der Waals surface area contributed by atoms with E-state index in [0.29, 0.717) is 36.5 Å². The van der Waals surface area contributed by atoms with Crippen molar-refractivity contribution in [1.29, 1.82) is 0 Å². The molecule has 15 heteroatoms. The number of unbranched alkanes of at least 4 members (excludes halogenated alkanes) is 6. The van der Waals surface area contributed by atoms with Gasteiger partial charge in [0.25, 0.3) is 5.91 Å². The molecule has 0 aromatic rings. The number of carbonyl (C=O) groups excluding carboxylic acids is 3. The fourth-order valence-corrected chi connectivity index (χ4v) is 9.10. The number of hydrogen-bond donors (Lipinski definition) is 10. The van der Waals surface area contributed by atoms with Gasteiger partial charge in [0.1, 0.15) is 18.3 Å². The topological polar surface area (TPSA) is 219 Å². The van der Waals surface area contributed by atoms with Crippen LogP contribution < -0.4 is 26.6 Å². The van der Waals surface area contributed by atoms with E-state index in [-0.39, 0.29) is 24.9 Å². The van der Waals surface area contributed by atoms with Gasteiger partial charge in [-0.05, 0) is 135 Å². The zero-order chi connectivity index (χ0) is 51.0. The van der Waals surface area contributed by atoms with Crippen molar-refractivity contribution in [3.8, 4) is 0 Å². The van der Waals surface area contributed by atoms with Crippen LogP contribution in [-0.4, -0.2) is 171 Å². The summed E-state index contributed by atoms with van der Waals surface area (Å²) in [6, 6.07) is 0. The van der Waals surface area contributed by atoms with E-state index in [4.69, 9.17) is 5.11 Å². The summed E-state index contributed by atoms with van der Waals surface area (Å²) >= 11 is 0. The smallest absolute Gasteiger partial charge is 0.251 e. The van der Waals surface area contributed by atoms with Crippen molar-refractivity contribution in [3.63, 3.8) is 0 Å². The van der Waals surface area contributed by atoms with Gasteiger partial charge in [0.15, 0.2) is 6.10 Å². The highest BCUT2D eigenvalue weighted by Gasteiger charge is 2.34. The second-order valence-corrected chi connectivity index (χ2v) is 21.0. The summed E-state index contributed by atoms with van der Waals surface area (Å²) in [6.45, 7) is 16.2. The van der Waals surface area contributed by atoms with Crippen LogP contribution in [0.15, 0.2) is 0 Å². The molecule has 0 bridgehead atoms. The maximum absolute atomic E-state index is 12.6. The maximum atomic E-state index is 12.6. The van der Waals surface area contributed by atoms with Crippen LogP contribution >= 0.6 is 0 Å². The number of nitrogens with one attached hydrogen (secondary N) is 5. The van der Waals surface area contributed by atoms with Gasteiger partial charge in [-0.25, -0.2) is 0 Å². The predicted molar refractivity (Wildman–Crippen MR) is 279 cm³/mol.